The number of halogens is 1. The molecule has 0 saturated carbocycles. The highest BCUT2D eigenvalue weighted by molar-refractivity contribution is 6.34. The molecule has 2 aromatic rings. The Labute approximate surface area is 151 Å². The Balaban J connectivity index is 1.82. The third kappa shape index (κ3) is 3.97. The van der Waals surface area contributed by atoms with Crippen molar-refractivity contribution in [3.63, 3.8) is 0 Å². The molecule has 1 aliphatic rings. The lowest BCUT2D eigenvalue weighted by molar-refractivity contribution is 0.102. The molecule has 25 heavy (non-hydrogen) atoms. The fourth-order valence-corrected chi connectivity index (χ4v) is 2.91. The highest BCUT2D eigenvalue weighted by atomic mass is 35.5. The van der Waals surface area contributed by atoms with Crippen LogP contribution < -0.4 is 20.7 Å². The number of benzene rings is 2. The smallest absolute Gasteiger partial charge is 0.255 e. The molecule has 1 amide bonds. The number of amides is 1. The number of hydrogen-bond acceptors (Lipinski definition) is 5. The number of methoxy groups -OCH3 is 1. The first-order valence-electron chi connectivity index (χ1n) is 7.95. The zero-order valence-electron chi connectivity index (χ0n) is 13.9. The van der Waals surface area contributed by atoms with Gasteiger partial charge in [-0.25, -0.2) is 0 Å². The molecular weight excluding hydrogens is 342 g/mol. The molecule has 0 atom stereocenters. The summed E-state index contributed by atoms with van der Waals surface area (Å²) in [6, 6.07) is 10.3. The second-order valence-corrected chi connectivity index (χ2v) is 6.08. The molecule has 0 unspecified atom stereocenters. The Hall–Kier alpha value is -2.44. The van der Waals surface area contributed by atoms with E-state index >= 15 is 0 Å². The number of nitrogen functional groups attached to an aromatic ring is 1. The van der Waals surface area contributed by atoms with Gasteiger partial charge >= 0.3 is 0 Å². The summed E-state index contributed by atoms with van der Waals surface area (Å²) in [5.41, 5.74) is 8.57. The summed E-state index contributed by atoms with van der Waals surface area (Å²) in [6.45, 7) is 2.79. The molecule has 3 rings (SSSR count). The topological polar surface area (TPSA) is 76.8 Å². The number of hydrogen-bond donors (Lipinski definition) is 2. The van der Waals surface area contributed by atoms with E-state index in [1.165, 1.54) is 0 Å². The summed E-state index contributed by atoms with van der Waals surface area (Å²) in [7, 11) is 1.58. The van der Waals surface area contributed by atoms with Crippen molar-refractivity contribution in [3.8, 4) is 5.75 Å². The van der Waals surface area contributed by atoms with Gasteiger partial charge in [-0.1, -0.05) is 11.6 Å². The average molecular weight is 362 g/mol. The molecule has 6 nitrogen and oxygen atoms in total. The highest BCUT2D eigenvalue weighted by Gasteiger charge is 2.17. The van der Waals surface area contributed by atoms with Gasteiger partial charge in [-0.2, -0.15) is 0 Å². The van der Waals surface area contributed by atoms with E-state index in [0.717, 1.165) is 18.8 Å². The highest BCUT2D eigenvalue weighted by Crippen LogP contribution is 2.34. The minimum Gasteiger partial charge on any atom is -0.497 e. The van der Waals surface area contributed by atoms with Crippen molar-refractivity contribution in [2.75, 3.05) is 49.4 Å². The van der Waals surface area contributed by atoms with E-state index in [2.05, 4.69) is 10.2 Å². The van der Waals surface area contributed by atoms with Crippen LogP contribution in [0.1, 0.15) is 10.4 Å². The van der Waals surface area contributed by atoms with Crippen LogP contribution in [0.5, 0.6) is 5.75 Å². The van der Waals surface area contributed by atoms with E-state index in [1.807, 2.05) is 6.07 Å². The minimum atomic E-state index is -0.248. The van der Waals surface area contributed by atoms with Gasteiger partial charge in [0.2, 0.25) is 0 Å². The molecule has 0 radical (unpaired) electrons. The Bertz CT molecular complexity index is 759. The number of ether oxygens (including phenoxy) is 2. The van der Waals surface area contributed by atoms with Gasteiger partial charge in [-0.3, -0.25) is 4.79 Å². The van der Waals surface area contributed by atoms with Crippen molar-refractivity contribution in [1.29, 1.82) is 0 Å². The second kappa shape index (κ2) is 7.63. The van der Waals surface area contributed by atoms with Crippen molar-refractivity contribution >= 4 is 34.6 Å². The maximum atomic E-state index is 12.5. The molecule has 0 aliphatic carbocycles. The van der Waals surface area contributed by atoms with Crippen LogP contribution in [0.25, 0.3) is 0 Å². The van der Waals surface area contributed by atoms with E-state index in [9.17, 15) is 4.79 Å². The zero-order valence-corrected chi connectivity index (χ0v) is 14.7. The fourth-order valence-electron chi connectivity index (χ4n) is 2.69. The molecule has 1 saturated heterocycles. The van der Waals surface area contributed by atoms with E-state index in [1.54, 1.807) is 37.4 Å². The lowest BCUT2D eigenvalue weighted by atomic mass is 10.1. The molecule has 0 aromatic heterocycles. The van der Waals surface area contributed by atoms with Crippen LogP contribution in [-0.4, -0.2) is 39.3 Å². The van der Waals surface area contributed by atoms with E-state index < -0.39 is 0 Å². The zero-order chi connectivity index (χ0) is 17.8. The molecule has 1 aliphatic heterocycles. The van der Waals surface area contributed by atoms with Crippen LogP contribution in [-0.2, 0) is 4.74 Å². The molecule has 7 heteroatoms. The maximum absolute atomic E-state index is 12.5. The summed E-state index contributed by atoms with van der Waals surface area (Å²) < 4.78 is 10.5. The number of nitrogens with one attached hydrogen (secondary N) is 1. The van der Waals surface area contributed by atoms with Gasteiger partial charge < -0.3 is 25.4 Å². The Kier molecular flexibility index (Phi) is 5.31. The van der Waals surface area contributed by atoms with Gasteiger partial charge in [0, 0.05) is 18.7 Å². The molecule has 0 bridgehead atoms. The predicted molar refractivity (Wildman–Crippen MR) is 99.8 cm³/mol. The van der Waals surface area contributed by atoms with Crippen molar-refractivity contribution in [1.82, 2.24) is 0 Å². The summed E-state index contributed by atoms with van der Waals surface area (Å²) in [4.78, 5) is 14.6. The lowest BCUT2D eigenvalue weighted by Gasteiger charge is -2.30. The van der Waals surface area contributed by atoms with Crippen LogP contribution in [0, 0.1) is 0 Å². The van der Waals surface area contributed by atoms with Crippen LogP contribution in [0.15, 0.2) is 36.4 Å². The molecule has 132 valence electrons. The third-order valence-electron chi connectivity index (χ3n) is 4.07. The average Bonchev–Trinajstić information content (AvgIpc) is 2.64. The number of anilines is 3. The minimum absolute atomic E-state index is 0.248. The van der Waals surface area contributed by atoms with Crippen molar-refractivity contribution in [2.45, 2.75) is 0 Å². The number of carbonyl (C=O) groups is 1. The molecular formula is C18H20ClN3O3. The van der Waals surface area contributed by atoms with E-state index in [4.69, 9.17) is 26.8 Å². The van der Waals surface area contributed by atoms with Crippen molar-refractivity contribution in [3.05, 3.63) is 47.0 Å². The first-order chi connectivity index (χ1) is 12.1. The normalized spacial score (nSPS) is 14.2. The van der Waals surface area contributed by atoms with Gasteiger partial charge in [-0.15, -0.1) is 0 Å². The first kappa shape index (κ1) is 17.4. The Morgan fingerprint density at radius 2 is 1.92 bits per heavy atom. The fraction of sp³-hybridized carbons (Fsp3) is 0.278. The summed E-state index contributed by atoms with van der Waals surface area (Å²) in [6.07, 6.45) is 0. The number of morpholine rings is 1. The monoisotopic (exact) mass is 361 g/mol. The predicted octanol–water partition coefficient (Wildman–Crippen LogP) is 3.02. The van der Waals surface area contributed by atoms with Crippen LogP contribution in [0.4, 0.5) is 17.1 Å². The number of nitrogens with zero attached hydrogens (tertiary/aromatic N) is 1. The van der Waals surface area contributed by atoms with Crippen molar-refractivity contribution < 1.29 is 14.3 Å². The number of carbonyl (C=O) groups excluding carboxylic acids is 1. The van der Waals surface area contributed by atoms with Crippen LogP contribution >= 0.6 is 11.6 Å². The summed E-state index contributed by atoms with van der Waals surface area (Å²) >= 11 is 6.26. The lowest BCUT2D eigenvalue weighted by Crippen LogP contribution is -2.36. The third-order valence-corrected chi connectivity index (χ3v) is 4.38. The van der Waals surface area contributed by atoms with E-state index in [-0.39, 0.29) is 5.91 Å². The molecule has 1 heterocycles. The number of rotatable bonds is 4. The molecule has 2 aromatic carbocycles. The SMILES string of the molecule is COc1ccc(C(=O)Nc2cc(N3CCOCC3)c(N)cc2Cl)cc1. The molecule has 1 fully saturated rings. The van der Waals surface area contributed by atoms with Crippen LogP contribution in [0.3, 0.4) is 0 Å². The first-order valence-corrected chi connectivity index (χ1v) is 8.33. The number of nitrogens with two attached hydrogens (primary N) is 1. The quantitative estimate of drug-likeness (QED) is 0.818. The largest absolute Gasteiger partial charge is 0.497 e. The molecule has 3 N–H and O–H groups in total. The van der Waals surface area contributed by atoms with Gasteiger partial charge in [0.25, 0.3) is 5.91 Å². The maximum Gasteiger partial charge on any atom is 0.255 e. The van der Waals surface area contributed by atoms with Crippen LogP contribution in [0.2, 0.25) is 5.02 Å². The van der Waals surface area contributed by atoms with Crippen molar-refractivity contribution in [2.24, 2.45) is 0 Å². The van der Waals surface area contributed by atoms with Gasteiger partial charge in [0.15, 0.2) is 0 Å². The van der Waals surface area contributed by atoms with E-state index in [0.29, 0.717) is 40.9 Å². The summed E-state index contributed by atoms with van der Waals surface area (Å²) in [5, 5.41) is 3.24. The summed E-state index contributed by atoms with van der Waals surface area (Å²) in [5.74, 6) is 0.443. The Morgan fingerprint density at radius 3 is 2.56 bits per heavy atom. The van der Waals surface area contributed by atoms with Gasteiger partial charge in [0.05, 0.1) is 42.4 Å². The standard InChI is InChI=1S/C18H20ClN3O3/c1-24-13-4-2-12(3-5-13)18(23)21-16-11-17(15(20)10-14(16)19)22-6-8-25-9-7-22/h2-5,10-11H,6-9,20H2,1H3,(H,21,23). The molecule has 0 spiro atoms. The van der Waals surface area contributed by atoms with Gasteiger partial charge in [0.1, 0.15) is 5.75 Å². The second-order valence-electron chi connectivity index (χ2n) is 5.67. The van der Waals surface area contributed by atoms with Gasteiger partial charge in [-0.05, 0) is 36.4 Å². The Morgan fingerprint density at radius 1 is 1.24 bits per heavy atom.